The molecule has 0 unspecified atom stereocenters. The lowest BCUT2D eigenvalue weighted by atomic mass is 9.77. The van der Waals surface area contributed by atoms with Gasteiger partial charge in [-0.05, 0) is 30.4 Å². The van der Waals surface area contributed by atoms with Gasteiger partial charge in [0, 0.05) is 5.56 Å². The molecular weight excluding hydrogens is 310 g/mol. The Morgan fingerprint density at radius 1 is 1.04 bits per heavy atom. The molecule has 2 aromatic rings. The van der Waals surface area contributed by atoms with Gasteiger partial charge in [-0.3, -0.25) is 0 Å². The van der Waals surface area contributed by atoms with Crippen molar-refractivity contribution in [2.45, 2.75) is 38.0 Å². The summed E-state index contributed by atoms with van der Waals surface area (Å²) in [6.07, 6.45) is 2.85. The Labute approximate surface area is 143 Å². The summed E-state index contributed by atoms with van der Waals surface area (Å²) in [5, 5.41) is 10.4. The zero-order valence-corrected chi connectivity index (χ0v) is 13.9. The second-order valence-corrected chi connectivity index (χ2v) is 6.02. The summed E-state index contributed by atoms with van der Waals surface area (Å²) in [7, 11) is 0. The molecule has 2 aromatic carbocycles. The Balaban J connectivity index is 0.00000192. The highest BCUT2D eigenvalue weighted by molar-refractivity contribution is 5.85. The number of aliphatic hydroxyl groups is 1. The predicted octanol–water partition coefficient (Wildman–Crippen LogP) is 3.85. The summed E-state index contributed by atoms with van der Waals surface area (Å²) in [6, 6.07) is 17.4. The van der Waals surface area contributed by atoms with Gasteiger partial charge in [-0.15, -0.1) is 12.4 Å². The molecule has 0 aliphatic heterocycles. The highest BCUT2D eigenvalue weighted by Gasteiger charge is 2.31. The summed E-state index contributed by atoms with van der Waals surface area (Å²) < 4.78 is 5.93. The first-order chi connectivity index (χ1) is 10.8. The van der Waals surface area contributed by atoms with Crippen LogP contribution in [0, 0.1) is 5.92 Å². The lowest BCUT2D eigenvalue weighted by Crippen LogP contribution is -2.36. The number of nitrogens with two attached hydrogens (primary N) is 1. The standard InChI is InChI=1S/C19H23NO2.ClH/c20-18(19(21)15-9-6-10-15)16-11-4-5-12-17(16)22-13-14-7-2-1-3-8-14;/h1-5,7-8,11-12,15,18-19,21H,6,9-10,13,20H2;1H/t18-,19+;/m1./s1. The predicted molar refractivity (Wildman–Crippen MR) is 94.7 cm³/mol. The summed E-state index contributed by atoms with van der Waals surface area (Å²) in [6.45, 7) is 0.504. The van der Waals surface area contributed by atoms with Gasteiger partial charge in [-0.1, -0.05) is 55.0 Å². The molecule has 0 heterocycles. The smallest absolute Gasteiger partial charge is 0.124 e. The molecule has 4 heteroatoms. The molecule has 1 saturated carbocycles. The summed E-state index contributed by atoms with van der Waals surface area (Å²) in [5.41, 5.74) is 8.29. The normalized spacial score (nSPS) is 16.8. The number of hydrogen-bond donors (Lipinski definition) is 2. The molecular formula is C19H24ClNO2. The first-order valence-electron chi connectivity index (χ1n) is 7.95. The maximum absolute atomic E-state index is 10.4. The van der Waals surface area contributed by atoms with Crippen LogP contribution in [0.4, 0.5) is 0 Å². The maximum atomic E-state index is 10.4. The average Bonchev–Trinajstić information content (AvgIpc) is 2.52. The van der Waals surface area contributed by atoms with Crippen LogP contribution in [-0.2, 0) is 6.61 Å². The van der Waals surface area contributed by atoms with Crippen molar-refractivity contribution in [2.24, 2.45) is 11.7 Å². The third kappa shape index (κ3) is 4.25. The van der Waals surface area contributed by atoms with Crippen LogP contribution in [0.25, 0.3) is 0 Å². The number of benzene rings is 2. The van der Waals surface area contributed by atoms with Crippen molar-refractivity contribution < 1.29 is 9.84 Å². The van der Waals surface area contributed by atoms with Crippen LogP contribution in [-0.4, -0.2) is 11.2 Å². The fraction of sp³-hybridized carbons (Fsp3) is 0.368. The van der Waals surface area contributed by atoms with E-state index < -0.39 is 12.1 Å². The number of aliphatic hydroxyl groups excluding tert-OH is 1. The fourth-order valence-corrected chi connectivity index (χ4v) is 2.88. The van der Waals surface area contributed by atoms with Crippen molar-refractivity contribution in [3.8, 4) is 5.75 Å². The lowest BCUT2D eigenvalue weighted by Gasteiger charge is -2.34. The van der Waals surface area contributed by atoms with E-state index in [1.807, 2.05) is 54.6 Å². The first kappa shape index (κ1) is 17.8. The maximum Gasteiger partial charge on any atom is 0.124 e. The molecule has 124 valence electrons. The van der Waals surface area contributed by atoms with Crippen LogP contribution in [0.5, 0.6) is 5.75 Å². The van der Waals surface area contributed by atoms with E-state index in [2.05, 4.69) is 0 Å². The fourth-order valence-electron chi connectivity index (χ4n) is 2.88. The van der Waals surface area contributed by atoms with Crippen LogP contribution < -0.4 is 10.5 Å². The Kier molecular flexibility index (Phi) is 6.46. The molecule has 3 rings (SSSR count). The SMILES string of the molecule is Cl.N[C@H](c1ccccc1OCc1ccccc1)[C@@H](O)C1CCC1. The van der Waals surface area contributed by atoms with E-state index in [0.29, 0.717) is 12.5 Å². The topological polar surface area (TPSA) is 55.5 Å². The van der Waals surface area contributed by atoms with Crippen molar-refractivity contribution in [3.63, 3.8) is 0 Å². The van der Waals surface area contributed by atoms with Gasteiger partial charge in [-0.25, -0.2) is 0 Å². The Morgan fingerprint density at radius 2 is 1.70 bits per heavy atom. The quantitative estimate of drug-likeness (QED) is 0.844. The largest absolute Gasteiger partial charge is 0.489 e. The first-order valence-corrected chi connectivity index (χ1v) is 7.95. The molecule has 0 aromatic heterocycles. The Morgan fingerprint density at radius 3 is 2.35 bits per heavy atom. The molecule has 0 amide bonds. The van der Waals surface area contributed by atoms with Gasteiger partial charge in [0.15, 0.2) is 0 Å². The molecule has 2 atom stereocenters. The summed E-state index contributed by atoms with van der Waals surface area (Å²) in [4.78, 5) is 0. The molecule has 0 saturated heterocycles. The van der Waals surface area contributed by atoms with Gasteiger partial charge < -0.3 is 15.6 Å². The number of para-hydroxylation sites is 1. The molecule has 0 spiro atoms. The third-order valence-corrected chi connectivity index (χ3v) is 4.52. The molecule has 0 radical (unpaired) electrons. The Bertz CT molecular complexity index is 601. The van der Waals surface area contributed by atoms with Crippen molar-refractivity contribution in [3.05, 3.63) is 65.7 Å². The minimum Gasteiger partial charge on any atom is -0.489 e. The van der Waals surface area contributed by atoms with E-state index in [1.54, 1.807) is 0 Å². The van der Waals surface area contributed by atoms with E-state index in [0.717, 1.165) is 29.7 Å². The van der Waals surface area contributed by atoms with Gasteiger partial charge in [0.05, 0.1) is 12.1 Å². The van der Waals surface area contributed by atoms with Gasteiger partial charge in [0.2, 0.25) is 0 Å². The monoisotopic (exact) mass is 333 g/mol. The van der Waals surface area contributed by atoms with E-state index >= 15 is 0 Å². The van der Waals surface area contributed by atoms with Crippen LogP contribution >= 0.6 is 12.4 Å². The number of hydrogen-bond acceptors (Lipinski definition) is 3. The van der Waals surface area contributed by atoms with Crippen LogP contribution in [0.3, 0.4) is 0 Å². The lowest BCUT2D eigenvalue weighted by molar-refractivity contribution is 0.0405. The highest BCUT2D eigenvalue weighted by atomic mass is 35.5. The van der Waals surface area contributed by atoms with Crippen molar-refractivity contribution >= 4 is 12.4 Å². The van der Waals surface area contributed by atoms with Crippen molar-refractivity contribution in [2.75, 3.05) is 0 Å². The van der Waals surface area contributed by atoms with E-state index in [4.69, 9.17) is 10.5 Å². The van der Waals surface area contributed by atoms with Gasteiger partial charge >= 0.3 is 0 Å². The second kappa shape index (κ2) is 8.34. The van der Waals surface area contributed by atoms with Crippen LogP contribution in [0.1, 0.15) is 36.4 Å². The molecule has 3 N–H and O–H groups in total. The summed E-state index contributed by atoms with van der Waals surface area (Å²) >= 11 is 0. The minimum absolute atomic E-state index is 0. The molecule has 0 bridgehead atoms. The minimum atomic E-state index is -0.491. The van der Waals surface area contributed by atoms with Gasteiger partial charge in [0.25, 0.3) is 0 Å². The highest BCUT2D eigenvalue weighted by Crippen LogP contribution is 2.36. The third-order valence-electron chi connectivity index (χ3n) is 4.52. The van der Waals surface area contributed by atoms with Gasteiger partial charge in [0.1, 0.15) is 12.4 Å². The molecule has 1 fully saturated rings. The number of rotatable bonds is 6. The molecule has 23 heavy (non-hydrogen) atoms. The zero-order chi connectivity index (χ0) is 15.4. The van der Waals surface area contributed by atoms with Crippen molar-refractivity contribution in [1.29, 1.82) is 0 Å². The van der Waals surface area contributed by atoms with Crippen LogP contribution in [0.15, 0.2) is 54.6 Å². The molecule has 3 nitrogen and oxygen atoms in total. The molecule has 1 aliphatic rings. The summed E-state index contributed by atoms with van der Waals surface area (Å²) in [5.74, 6) is 1.09. The zero-order valence-electron chi connectivity index (χ0n) is 13.1. The van der Waals surface area contributed by atoms with E-state index in [1.165, 1.54) is 6.42 Å². The number of halogens is 1. The van der Waals surface area contributed by atoms with Gasteiger partial charge in [-0.2, -0.15) is 0 Å². The number of ether oxygens (including phenoxy) is 1. The van der Waals surface area contributed by atoms with Crippen molar-refractivity contribution in [1.82, 2.24) is 0 Å². The van der Waals surface area contributed by atoms with Crippen LogP contribution in [0.2, 0.25) is 0 Å². The van der Waals surface area contributed by atoms with E-state index in [9.17, 15) is 5.11 Å². The molecule has 1 aliphatic carbocycles. The Hall–Kier alpha value is -1.55. The average molecular weight is 334 g/mol. The second-order valence-electron chi connectivity index (χ2n) is 6.02. The van der Waals surface area contributed by atoms with E-state index in [-0.39, 0.29) is 12.4 Å².